The van der Waals surface area contributed by atoms with Crippen LogP contribution in [0.2, 0.25) is 0 Å². The molecule has 1 aromatic heterocycles. The molecule has 106 valence electrons. The lowest BCUT2D eigenvalue weighted by Crippen LogP contribution is -2.29. The van der Waals surface area contributed by atoms with Crippen molar-refractivity contribution in [3.05, 3.63) is 49.7 Å². The van der Waals surface area contributed by atoms with Gasteiger partial charge in [-0.05, 0) is 53.3 Å². The molecule has 5 heteroatoms. The van der Waals surface area contributed by atoms with Crippen LogP contribution < -0.4 is 4.74 Å². The lowest BCUT2D eigenvalue weighted by atomic mass is 10.2. The average molecular weight is 401 g/mol. The lowest BCUT2D eigenvalue weighted by Gasteiger charge is -2.20. The number of amides is 1. The van der Waals surface area contributed by atoms with Gasteiger partial charge in [0.2, 0.25) is 0 Å². The zero-order valence-electron chi connectivity index (χ0n) is 11.4. The number of rotatable bonds is 5. The molecule has 0 aliphatic rings. The zero-order chi connectivity index (χ0) is 14.5. The maximum absolute atomic E-state index is 12.4. The number of halogens is 1. The normalized spacial score (nSPS) is 10.3. The third-order valence-electron chi connectivity index (χ3n) is 3.02. The van der Waals surface area contributed by atoms with Gasteiger partial charge in [0.15, 0.2) is 0 Å². The Morgan fingerprint density at radius 3 is 2.55 bits per heavy atom. The smallest absolute Gasteiger partial charge is 0.255 e. The van der Waals surface area contributed by atoms with Gasteiger partial charge < -0.3 is 9.64 Å². The van der Waals surface area contributed by atoms with E-state index in [-0.39, 0.29) is 5.91 Å². The fourth-order valence-electron chi connectivity index (χ4n) is 1.88. The van der Waals surface area contributed by atoms with Crippen LogP contribution in [0.1, 0.15) is 22.8 Å². The van der Waals surface area contributed by atoms with Crippen LogP contribution in [0, 0.1) is 2.88 Å². The molecule has 1 heterocycles. The summed E-state index contributed by atoms with van der Waals surface area (Å²) in [5, 5.41) is 1.92. The molecule has 0 saturated carbocycles. The number of thiophene rings is 1. The summed E-state index contributed by atoms with van der Waals surface area (Å²) in [4.78, 5) is 14.3. The Labute approximate surface area is 136 Å². The van der Waals surface area contributed by atoms with E-state index in [9.17, 15) is 4.79 Å². The third-order valence-corrected chi connectivity index (χ3v) is 4.80. The van der Waals surface area contributed by atoms with Crippen LogP contribution in [-0.2, 0) is 6.54 Å². The van der Waals surface area contributed by atoms with Crippen molar-refractivity contribution in [1.82, 2.24) is 4.90 Å². The number of carbonyl (C=O) groups excluding carboxylic acids is 1. The summed E-state index contributed by atoms with van der Waals surface area (Å²) in [5.74, 6) is 0.915. The first-order valence-corrected chi connectivity index (χ1v) is 8.26. The molecule has 2 rings (SSSR count). The average Bonchev–Trinajstić information content (AvgIpc) is 2.91. The van der Waals surface area contributed by atoms with Crippen molar-refractivity contribution in [1.29, 1.82) is 0 Å². The topological polar surface area (TPSA) is 29.5 Å². The standard InChI is InChI=1S/C15H16INO2S/c1-3-17(15(18)12-8-14(16)20-10-12)9-11-4-6-13(19-2)7-5-11/h4-8,10H,3,9H2,1-2H3. The van der Waals surface area contributed by atoms with E-state index in [2.05, 4.69) is 22.6 Å². The Morgan fingerprint density at radius 2 is 2.05 bits per heavy atom. The van der Waals surface area contributed by atoms with Gasteiger partial charge in [0.1, 0.15) is 5.75 Å². The summed E-state index contributed by atoms with van der Waals surface area (Å²) >= 11 is 3.83. The van der Waals surface area contributed by atoms with Crippen molar-refractivity contribution in [3.8, 4) is 5.75 Å². The van der Waals surface area contributed by atoms with Gasteiger partial charge in [0.25, 0.3) is 5.91 Å². The van der Waals surface area contributed by atoms with Crippen LogP contribution >= 0.6 is 33.9 Å². The van der Waals surface area contributed by atoms with Crippen molar-refractivity contribution >= 4 is 39.8 Å². The van der Waals surface area contributed by atoms with Gasteiger partial charge in [-0.25, -0.2) is 0 Å². The van der Waals surface area contributed by atoms with Crippen LogP contribution in [-0.4, -0.2) is 24.5 Å². The minimum atomic E-state index is 0.0856. The van der Waals surface area contributed by atoms with Gasteiger partial charge in [-0.15, -0.1) is 11.3 Å². The predicted octanol–water partition coefficient (Wildman–Crippen LogP) is 4.02. The summed E-state index contributed by atoms with van der Waals surface area (Å²) < 4.78 is 6.27. The summed E-state index contributed by atoms with van der Waals surface area (Å²) in [6, 6.07) is 9.75. The highest BCUT2D eigenvalue weighted by atomic mass is 127. The molecule has 3 nitrogen and oxygen atoms in total. The highest BCUT2D eigenvalue weighted by Crippen LogP contribution is 2.19. The maximum atomic E-state index is 12.4. The van der Waals surface area contributed by atoms with Crippen LogP contribution in [0.5, 0.6) is 5.75 Å². The molecule has 1 amide bonds. The first kappa shape index (κ1) is 15.3. The van der Waals surface area contributed by atoms with E-state index in [0.29, 0.717) is 13.1 Å². The van der Waals surface area contributed by atoms with E-state index in [0.717, 1.165) is 19.8 Å². The zero-order valence-corrected chi connectivity index (χ0v) is 14.4. The highest BCUT2D eigenvalue weighted by Gasteiger charge is 2.15. The molecule has 0 atom stereocenters. The number of hydrogen-bond acceptors (Lipinski definition) is 3. The molecule has 0 saturated heterocycles. The van der Waals surface area contributed by atoms with Gasteiger partial charge in [0.05, 0.1) is 15.6 Å². The molecular weight excluding hydrogens is 385 g/mol. The summed E-state index contributed by atoms with van der Waals surface area (Å²) in [5.41, 5.74) is 1.88. The minimum Gasteiger partial charge on any atom is -0.497 e. The maximum Gasteiger partial charge on any atom is 0.255 e. The van der Waals surface area contributed by atoms with Crippen molar-refractivity contribution < 1.29 is 9.53 Å². The van der Waals surface area contributed by atoms with Crippen molar-refractivity contribution in [2.75, 3.05) is 13.7 Å². The third kappa shape index (κ3) is 3.73. The number of carbonyl (C=O) groups is 1. The fraction of sp³-hybridized carbons (Fsp3) is 0.267. The Kier molecular flexibility index (Phi) is 5.42. The number of benzene rings is 1. The van der Waals surface area contributed by atoms with Gasteiger partial charge in [-0.3, -0.25) is 4.79 Å². The Morgan fingerprint density at radius 1 is 1.35 bits per heavy atom. The van der Waals surface area contributed by atoms with Crippen LogP contribution in [0.4, 0.5) is 0 Å². The van der Waals surface area contributed by atoms with Gasteiger partial charge in [0, 0.05) is 18.5 Å². The Balaban J connectivity index is 2.09. The molecule has 0 spiro atoms. The van der Waals surface area contributed by atoms with E-state index >= 15 is 0 Å². The molecule has 0 unspecified atom stereocenters. The van der Waals surface area contributed by atoms with Crippen molar-refractivity contribution in [2.45, 2.75) is 13.5 Å². The van der Waals surface area contributed by atoms with Crippen molar-refractivity contribution in [3.63, 3.8) is 0 Å². The van der Waals surface area contributed by atoms with Crippen molar-refractivity contribution in [2.24, 2.45) is 0 Å². The molecular formula is C15H16INO2S. The number of methoxy groups -OCH3 is 1. The van der Waals surface area contributed by atoms with E-state index in [1.54, 1.807) is 18.4 Å². The fourth-order valence-corrected chi connectivity index (χ4v) is 3.20. The highest BCUT2D eigenvalue weighted by molar-refractivity contribution is 14.1. The number of hydrogen-bond donors (Lipinski definition) is 0. The number of nitrogens with zero attached hydrogens (tertiary/aromatic N) is 1. The largest absolute Gasteiger partial charge is 0.497 e. The van der Waals surface area contributed by atoms with Gasteiger partial charge in [-0.2, -0.15) is 0 Å². The first-order chi connectivity index (χ1) is 9.63. The molecule has 20 heavy (non-hydrogen) atoms. The van der Waals surface area contributed by atoms with E-state index < -0.39 is 0 Å². The second-order valence-corrected chi connectivity index (χ2v) is 7.11. The predicted molar refractivity (Wildman–Crippen MR) is 90.4 cm³/mol. The second kappa shape index (κ2) is 7.08. The molecule has 0 fully saturated rings. The SMILES string of the molecule is CCN(Cc1ccc(OC)cc1)C(=O)c1csc(I)c1. The molecule has 2 aromatic rings. The first-order valence-electron chi connectivity index (χ1n) is 6.30. The summed E-state index contributed by atoms with van der Waals surface area (Å²) in [6.07, 6.45) is 0. The monoisotopic (exact) mass is 401 g/mol. The number of ether oxygens (including phenoxy) is 1. The molecule has 0 aliphatic carbocycles. The van der Waals surface area contributed by atoms with Crippen LogP contribution in [0.15, 0.2) is 35.7 Å². The minimum absolute atomic E-state index is 0.0856. The Bertz CT molecular complexity index is 580. The quantitative estimate of drug-likeness (QED) is 0.709. The molecule has 1 aromatic carbocycles. The molecule has 0 N–H and O–H groups in total. The summed E-state index contributed by atoms with van der Waals surface area (Å²) in [7, 11) is 1.65. The van der Waals surface area contributed by atoms with Gasteiger partial charge in [-0.1, -0.05) is 12.1 Å². The van der Waals surface area contributed by atoms with E-state index in [1.807, 2.05) is 47.5 Å². The molecule has 0 radical (unpaired) electrons. The second-order valence-electron chi connectivity index (χ2n) is 4.31. The molecule has 0 bridgehead atoms. The lowest BCUT2D eigenvalue weighted by molar-refractivity contribution is 0.0753. The molecule has 0 aliphatic heterocycles. The van der Waals surface area contributed by atoms with E-state index in [1.165, 1.54) is 0 Å². The van der Waals surface area contributed by atoms with Crippen LogP contribution in [0.25, 0.3) is 0 Å². The van der Waals surface area contributed by atoms with Gasteiger partial charge >= 0.3 is 0 Å². The van der Waals surface area contributed by atoms with E-state index in [4.69, 9.17) is 4.74 Å². The summed E-state index contributed by atoms with van der Waals surface area (Å²) in [6.45, 7) is 3.31. The Hall–Kier alpha value is -1.08. The van der Waals surface area contributed by atoms with Crippen LogP contribution in [0.3, 0.4) is 0 Å².